The number of hydrogen-bond acceptors (Lipinski definition) is 3. The highest BCUT2D eigenvalue weighted by Gasteiger charge is 2.41. The van der Waals surface area contributed by atoms with Gasteiger partial charge >= 0.3 is 0 Å². The zero-order valence-corrected chi connectivity index (χ0v) is 7.95. The zero-order valence-electron chi connectivity index (χ0n) is 7.95. The molecular weight excluding hydrogens is 168 g/mol. The van der Waals surface area contributed by atoms with Crippen molar-refractivity contribution in [3.8, 4) is 0 Å². The molecule has 0 aromatic carbocycles. The molecule has 0 N–H and O–H groups in total. The summed E-state index contributed by atoms with van der Waals surface area (Å²) in [5, 5.41) is 0. The fourth-order valence-electron chi connectivity index (χ4n) is 1.93. The first-order chi connectivity index (χ1) is 6.11. The van der Waals surface area contributed by atoms with E-state index in [1.54, 1.807) is 0 Å². The van der Waals surface area contributed by atoms with E-state index >= 15 is 0 Å². The summed E-state index contributed by atoms with van der Waals surface area (Å²) in [4.78, 5) is 10.5. The molecule has 13 heavy (non-hydrogen) atoms. The van der Waals surface area contributed by atoms with Crippen LogP contribution in [-0.2, 0) is 14.3 Å². The van der Waals surface area contributed by atoms with Crippen molar-refractivity contribution in [2.45, 2.75) is 44.7 Å². The fourth-order valence-corrected chi connectivity index (χ4v) is 1.93. The second-order valence-corrected chi connectivity index (χ2v) is 4.04. The van der Waals surface area contributed by atoms with Gasteiger partial charge in [-0.1, -0.05) is 0 Å². The minimum atomic E-state index is -0.496. The Kier molecular flexibility index (Phi) is 2.00. The summed E-state index contributed by atoms with van der Waals surface area (Å²) in [6, 6.07) is 0. The largest absolute Gasteiger partial charge is 0.344 e. The van der Waals surface area contributed by atoms with E-state index in [2.05, 4.69) is 0 Å². The van der Waals surface area contributed by atoms with Gasteiger partial charge in [0.2, 0.25) is 0 Å². The monoisotopic (exact) mass is 182 g/mol. The third kappa shape index (κ3) is 1.67. The smallest absolute Gasteiger partial charge is 0.164 e. The van der Waals surface area contributed by atoms with E-state index in [-0.39, 0.29) is 12.2 Å². The first-order valence-corrected chi connectivity index (χ1v) is 4.62. The van der Waals surface area contributed by atoms with Gasteiger partial charge < -0.3 is 9.47 Å². The minimum Gasteiger partial charge on any atom is -0.344 e. The Labute approximate surface area is 77.7 Å². The average Bonchev–Trinajstić information content (AvgIpc) is 2.36. The Morgan fingerprint density at radius 1 is 1.54 bits per heavy atom. The number of hydrogen-bond donors (Lipinski definition) is 0. The van der Waals surface area contributed by atoms with Crippen molar-refractivity contribution in [3.63, 3.8) is 0 Å². The van der Waals surface area contributed by atoms with E-state index in [1.807, 2.05) is 19.9 Å². The van der Waals surface area contributed by atoms with E-state index in [4.69, 9.17) is 9.47 Å². The van der Waals surface area contributed by atoms with Gasteiger partial charge in [0.05, 0.1) is 6.10 Å². The molecule has 1 aliphatic carbocycles. The van der Waals surface area contributed by atoms with Crippen molar-refractivity contribution in [2.24, 2.45) is 0 Å². The topological polar surface area (TPSA) is 35.5 Å². The van der Waals surface area contributed by atoms with Crippen LogP contribution in [0.25, 0.3) is 0 Å². The first-order valence-electron chi connectivity index (χ1n) is 4.62. The first kappa shape index (κ1) is 8.91. The van der Waals surface area contributed by atoms with Crippen molar-refractivity contribution in [1.29, 1.82) is 0 Å². The molecule has 0 saturated carbocycles. The average molecular weight is 182 g/mol. The molecule has 2 rings (SSSR count). The lowest BCUT2D eigenvalue weighted by Gasteiger charge is -2.18. The molecule has 72 valence electrons. The number of carbonyl (C=O) groups excluding carboxylic acids is 1. The summed E-state index contributed by atoms with van der Waals surface area (Å²) in [6.07, 6.45) is 4.60. The van der Waals surface area contributed by atoms with E-state index in [0.29, 0.717) is 0 Å². The van der Waals surface area contributed by atoms with Gasteiger partial charge in [-0.25, -0.2) is 0 Å². The normalized spacial score (nSPS) is 36.6. The van der Waals surface area contributed by atoms with Crippen molar-refractivity contribution in [1.82, 2.24) is 0 Å². The number of carbonyl (C=O) groups is 1. The molecule has 1 fully saturated rings. The van der Waals surface area contributed by atoms with Crippen LogP contribution in [0.4, 0.5) is 0 Å². The quantitative estimate of drug-likeness (QED) is 0.575. The van der Waals surface area contributed by atoms with E-state index in [9.17, 15) is 4.79 Å². The molecule has 0 radical (unpaired) electrons. The van der Waals surface area contributed by atoms with Crippen LogP contribution in [0.15, 0.2) is 11.6 Å². The Morgan fingerprint density at radius 2 is 2.31 bits per heavy atom. The van der Waals surface area contributed by atoms with Crippen LogP contribution in [0, 0.1) is 0 Å². The molecule has 2 aliphatic rings. The number of aldehydes is 1. The summed E-state index contributed by atoms with van der Waals surface area (Å²) in [7, 11) is 0. The lowest BCUT2D eigenvalue weighted by atomic mass is 9.96. The van der Waals surface area contributed by atoms with Gasteiger partial charge in [0, 0.05) is 0 Å². The lowest BCUT2D eigenvalue weighted by molar-refractivity contribution is -0.142. The Hall–Kier alpha value is -0.670. The molecule has 0 spiro atoms. The Balaban J connectivity index is 2.15. The number of allylic oxidation sites excluding steroid dienone is 1. The number of fused-ring (bicyclic) bond motifs is 1. The van der Waals surface area contributed by atoms with Crippen molar-refractivity contribution >= 4 is 6.29 Å². The predicted molar refractivity (Wildman–Crippen MR) is 47.2 cm³/mol. The van der Waals surface area contributed by atoms with Crippen LogP contribution < -0.4 is 0 Å². The Bertz CT molecular complexity index is 255. The minimum absolute atomic E-state index is 0.0241. The van der Waals surface area contributed by atoms with E-state index < -0.39 is 5.79 Å². The van der Waals surface area contributed by atoms with Gasteiger partial charge in [0.25, 0.3) is 0 Å². The van der Waals surface area contributed by atoms with Gasteiger partial charge in [-0.3, -0.25) is 4.79 Å². The molecule has 0 unspecified atom stereocenters. The zero-order chi connectivity index (χ0) is 9.47. The maximum atomic E-state index is 10.5. The number of rotatable bonds is 1. The third-order valence-electron chi connectivity index (χ3n) is 2.47. The molecule has 0 bridgehead atoms. The summed E-state index contributed by atoms with van der Waals surface area (Å²) >= 11 is 0. The van der Waals surface area contributed by atoms with Gasteiger partial charge in [-0.2, -0.15) is 0 Å². The molecule has 1 heterocycles. The molecule has 0 aromatic heterocycles. The molecule has 1 saturated heterocycles. The van der Waals surface area contributed by atoms with Gasteiger partial charge in [0.15, 0.2) is 5.79 Å². The maximum Gasteiger partial charge on any atom is 0.164 e. The predicted octanol–water partition coefficient (Wildman–Crippen LogP) is 1.43. The summed E-state index contributed by atoms with van der Waals surface area (Å²) in [5.74, 6) is -0.496. The van der Waals surface area contributed by atoms with Gasteiger partial charge in [0.1, 0.15) is 12.4 Å². The highest BCUT2D eigenvalue weighted by atomic mass is 16.7. The van der Waals surface area contributed by atoms with Crippen LogP contribution in [-0.4, -0.2) is 24.3 Å². The highest BCUT2D eigenvalue weighted by molar-refractivity contribution is 5.73. The van der Waals surface area contributed by atoms with Crippen LogP contribution in [0.5, 0.6) is 0 Å². The molecule has 0 amide bonds. The maximum absolute atomic E-state index is 10.5. The SMILES string of the molecule is CC1(C)O[C@H]2C=C(C=O)CC[C@H]2O1. The van der Waals surface area contributed by atoms with Gasteiger partial charge in [-0.05, 0) is 38.3 Å². The summed E-state index contributed by atoms with van der Waals surface area (Å²) in [6.45, 7) is 3.81. The van der Waals surface area contributed by atoms with E-state index in [0.717, 1.165) is 24.7 Å². The van der Waals surface area contributed by atoms with Crippen LogP contribution >= 0.6 is 0 Å². The second-order valence-electron chi connectivity index (χ2n) is 4.04. The van der Waals surface area contributed by atoms with Crippen molar-refractivity contribution in [3.05, 3.63) is 11.6 Å². The van der Waals surface area contributed by atoms with Crippen LogP contribution in [0.2, 0.25) is 0 Å². The standard InChI is InChI=1S/C10H14O3/c1-10(2)12-8-4-3-7(6-11)5-9(8)13-10/h5-6,8-9H,3-4H2,1-2H3/t8-,9+/m1/s1. The van der Waals surface area contributed by atoms with Crippen LogP contribution in [0.3, 0.4) is 0 Å². The molecular formula is C10H14O3. The second kappa shape index (κ2) is 2.93. The van der Waals surface area contributed by atoms with E-state index in [1.165, 1.54) is 0 Å². The molecule has 0 aromatic rings. The van der Waals surface area contributed by atoms with Crippen LogP contribution in [0.1, 0.15) is 26.7 Å². The molecule has 3 nitrogen and oxygen atoms in total. The van der Waals surface area contributed by atoms with Crippen molar-refractivity contribution in [2.75, 3.05) is 0 Å². The summed E-state index contributed by atoms with van der Waals surface area (Å²) in [5.41, 5.74) is 0.836. The Morgan fingerprint density at radius 3 is 3.00 bits per heavy atom. The molecule has 1 aliphatic heterocycles. The number of ether oxygens (including phenoxy) is 2. The summed E-state index contributed by atoms with van der Waals surface area (Å²) < 4.78 is 11.3. The third-order valence-corrected chi connectivity index (χ3v) is 2.47. The molecule has 3 heteroatoms. The highest BCUT2D eigenvalue weighted by Crippen LogP contribution is 2.35. The molecule has 2 atom stereocenters. The van der Waals surface area contributed by atoms with Gasteiger partial charge in [-0.15, -0.1) is 0 Å². The fraction of sp³-hybridized carbons (Fsp3) is 0.700. The lowest BCUT2D eigenvalue weighted by Crippen LogP contribution is -2.24. The van der Waals surface area contributed by atoms with Crippen molar-refractivity contribution < 1.29 is 14.3 Å².